The maximum atomic E-state index is 12.5. The molecule has 1 aliphatic rings. The van der Waals surface area contributed by atoms with E-state index in [0.717, 1.165) is 0 Å². The van der Waals surface area contributed by atoms with Crippen LogP contribution < -0.4 is 5.32 Å². The molecule has 2 rings (SSSR count). The van der Waals surface area contributed by atoms with E-state index in [2.05, 4.69) is 5.32 Å². The number of hydrogen-bond donors (Lipinski definition) is 2. The molecule has 25 heavy (non-hydrogen) atoms. The van der Waals surface area contributed by atoms with Crippen LogP contribution in [0, 0.1) is 10.1 Å². The number of nitrogens with zero attached hydrogens (tertiary/aromatic N) is 1. The first kappa shape index (κ1) is 18.3. The lowest BCUT2D eigenvalue weighted by Crippen LogP contribution is -2.30. The molecule has 0 saturated carbocycles. The fourth-order valence-electron chi connectivity index (χ4n) is 2.55. The average Bonchev–Trinajstić information content (AvgIpc) is 2.59. The van der Waals surface area contributed by atoms with Crippen molar-refractivity contribution in [1.29, 1.82) is 0 Å². The van der Waals surface area contributed by atoms with Gasteiger partial charge in [-0.3, -0.25) is 14.9 Å². The Labute approximate surface area is 143 Å². The maximum absolute atomic E-state index is 12.5. The second kappa shape index (κ2) is 7.71. The van der Waals surface area contributed by atoms with E-state index in [0.29, 0.717) is 11.8 Å². The van der Waals surface area contributed by atoms with Gasteiger partial charge in [-0.15, -0.1) is 0 Å². The van der Waals surface area contributed by atoms with E-state index < -0.39 is 23.4 Å². The number of nitro benzene ring substituents is 1. The normalized spacial score (nSPS) is 17.0. The molecule has 1 aliphatic heterocycles. The zero-order valence-corrected chi connectivity index (χ0v) is 13.8. The minimum absolute atomic E-state index is 0.113. The zero-order valence-electron chi connectivity index (χ0n) is 13.8. The average molecular weight is 346 g/mol. The Bertz CT molecular complexity index is 766. The molecule has 0 aromatic heterocycles. The number of benzene rings is 1. The van der Waals surface area contributed by atoms with Gasteiger partial charge in [-0.25, -0.2) is 4.79 Å². The van der Waals surface area contributed by atoms with Crippen molar-refractivity contribution in [3.63, 3.8) is 0 Å². The number of aliphatic hydroxyl groups is 1. The van der Waals surface area contributed by atoms with Gasteiger partial charge in [0, 0.05) is 18.1 Å². The van der Waals surface area contributed by atoms with Crippen LogP contribution in [-0.2, 0) is 14.3 Å². The van der Waals surface area contributed by atoms with E-state index in [1.165, 1.54) is 24.3 Å². The topological polar surface area (TPSA) is 119 Å². The zero-order chi connectivity index (χ0) is 18.6. The number of carbonyl (C=O) groups is 2. The lowest BCUT2D eigenvalue weighted by molar-refractivity contribution is -0.384. The SMILES string of the molecule is CC(C)OC(=O)C1=C(CO)NC(C=O)=CC1c1cccc([N+](=O)[O-])c1. The van der Waals surface area contributed by atoms with E-state index in [9.17, 15) is 24.8 Å². The summed E-state index contributed by atoms with van der Waals surface area (Å²) >= 11 is 0. The predicted molar refractivity (Wildman–Crippen MR) is 88.5 cm³/mol. The van der Waals surface area contributed by atoms with Gasteiger partial charge in [0.1, 0.15) is 0 Å². The van der Waals surface area contributed by atoms with Crippen LogP contribution in [0.15, 0.2) is 47.3 Å². The first-order valence-electron chi connectivity index (χ1n) is 7.60. The summed E-state index contributed by atoms with van der Waals surface area (Å²) in [6.07, 6.45) is 1.63. The number of nitrogens with one attached hydrogen (secondary N) is 1. The first-order chi connectivity index (χ1) is 11.9. The number of nitro groups is 1. The standard InChI is InChI=1S/C17H18N2O6/c1-10(2)25-17(22)16-14(7-12(8-20)18-15(16)9-21)11-4-3-5-13(6-11)19(23)24/h3-8,10,14,18,21H,9H2,1-2H3. The van der Waals surface area contributed by atoms with Crippen LogP contribution in [0.25, 0.3) is 0 Å². The number of allylic oxidation sites excluding steroid dienone is 2. The van der Waals surface area contributed by atoms with Crippen LogP contribution in [0.1, 0.15) is 25.3 Å². The Hall–Kier alpha value is -3.00. The van der Waals surface area contributed by atoms with Crippen LogP contribution in [0.4, 0.5) is 5.69 Å². The molecule has 8 nitrogen and oxygen atoms in total. The highest BCUT2D eigenvalue weighted by atomic mass is 16.6. The number of esters is 1. The Kier molecular flexibility index (Phi) is 5.66. The van der Waals surface area contributed by atoms with Crippen molar-refractivity contribution >= 4 is 17.9 Å². The fourth-order valence-corrected chi connectivity index (χ4v) is 2.55. The molecule has 0 fully saturated rings. The van der Waals surface area contributed by atoms with Gasteiger partial charge in [-0.2, -0.15) is 0 Å². The van der Waals surface area contributed by atoms with Crippen LogP contribution in [-0.4, -0.2) is 35.0 Å². The van der Waals surface area contributed by atoms with Gasteiger partial charge in [0.05, 0.1) is 34.6 Å². The summed E-state index contributed by atoms with van der Waals surface area (Å²) < 4.78 is 5.22. The van der Waals surface area contributed by atoms with Gasteiger partial charge in [-0.05, 0) is 25.5 Å². The molecule has 1 aromatic carbocycles. The second-order valence-electron chi connectivity index (χ2n) is 5.70. The molecule has 1 unspecified atom stereocenters. The second-order valence-corrected chi connectivity index (χ2v) is 5.70. The Morgan fingerprint density at radius 2 is 2.20 bits per heavy atom. The smallest absolute Gasteiger partial charge is 0.337 e. The molecule has 0 saturated heterocycles. The predicted octanol–water partition coefficient (Wildman–Crippen LogP) is 1.56. The summed E-state index contributed by atoms with van der Waals surface area (Å²) in [5.74, 6) is -1.42. The summed E-state index contributed by atoms with van der Waals surface area (Å²) in [6, 6.07) is 5.76. The minimum Gasteiger partial charge on any atom is -0.460 e. The lowest BCUT2D eigenvalue weighted by Gasteiger charge is -2.26. The van der Waals surface area contributed by atoms with Crippen LogP contribution in [0.2, 0.25) is 0 Å². The minimum atomic E-state index is -0.755. The molecule has 1 aromatic rings. The summed E-state index contributed by atoms with van der Waals surface area (Å²) in [7, 11) is 0. The molecular formula is C17H18N2O6. The molecule has 0 bridgehead atoms. The van der Waals surface area contributed by atoms with Crippen molar-refractivity contribution in [2.75, 3.05) is 6.61 Å². The highest BCUT2D eigenvalue weighted by Gasteiger charge is 2.31. The number of dihydropyridines is 1. The third-order valence-electron chi connectivity index (χ3n) is 3.57. The van der Waals surface area contributed by atoms with Crippen LogP contribution in [0.3, 0.4) is 0 Å². The maximum Gasteiger partial charge on any atom is 0.337 e. The fraction of sp³-hybridized carbons (Fsp3) is 0.294. The van der Waals surface area contributed by atoms with Gasteiger partial charge >= 0.3 is 5.97 Å². The molecule has 1 atom stereocenters. The van der Waals surface area contributed by atoms with Gasteiger partial charge in [-0.1, -0.05) is 12.1 Å². The summed E-state index contributed by atoms with van der Waals surface area (Å²) in [4.78, 5) is 34.1. The van der Waals surface area contributed by atoms with Crippen molar-refractivity contribution in [2.45, 2.75) is 25.9 Å². The van der Waals surface area contributed by atoms with Crippen molar-refractivity contribution in [1.82, 2.24) is 5.32 Å². The van der Waals surface area contributed by atoms with Gasteiger partial charge < -0.3 is 15.2 Å². The van der Waals surface area contributed by atoms with Crippen molar-refractivity contribution in [3.05, 3.63) is 63.0 Å². The van der Waals surface area contributed by atoms with Crippen molar-refractivity contribution < 1.29 is 24.4 Å². The lowest BCUT2D eigenvalue weighted by atomic mass is 9.86. The monoisotopic (exact) mass is 346 g/mol. The largest absolute Gasteiger partial charge is 0.460 e. The number of hydrogen-bond acceptors (Lipinski definition) is 7. The molecule has 0 amide bonds. The van der Waals surface area contributed by atoms with Crippen molar-refractivity contribution in [2.24, 2.45) is 0 Å². The van der Waals surface area contributed by atoms with E-state index in [4.69, 9.17) is 4.74 Å². The van der Waals surface area contributed by atoms with E-state index in [1.807, 2.05) is 0 Å². The number of aldehydes is 1. The number of aliphatic hydroxyl groups excluding tert-OH is 1. The van der Waals surface area contributed by atoms with Gasteiger partial charge in [0.15, 0.2) is 6.29 Å². The molecule has 0 spiro atoms. The van der Waals surface area contributed by atoms with Crippen molar-refractivity contribution in [3.8, 4) is 0 Å². The van der Waals surface area contributed by atoms with Gasteiger partial charge in [0.2, 0.25) is 0 Å². The summed E-state index contributed by atoms with van der Waals surface area (Å²) in [5, 5.41) is 23.3. The summed E-state index contributed by atoms with van der Waals surface area (Å²) in [5.41, 5.74) is 0.701. The highest BCUT2D eigenvalue weighted by Crippen LogP contribution is 2.34. The third-order valence-corrected chi connectivity index (χ3v) is 3.57. The first-order valence-corrected chi connectivity index (χ1v) is 7.60. The molecule has 132 valence electrons. The number of rotatable bonds is 6. The molecule has 0 radical (unpaired) electrons. The van der Waals surface area contributed by atoms with E-state index in [-0.39, 0.29) is 28.8 Å². The van der Waals surface area contributed by atoms with Gasteiger partial charge in [0.25, 0.3) is 5.69 Å². The highest BCUT2D eigenvalue weighted by molar-refractivity contribution is 5.93. The number of carbonyl (C=O) groups excluding carboxylic acids is 2. The van der Waals surface area contributed by atoms with E-state index in [1.54, 1.807) is 19.9 Å². The molecular weight excluding hydrogens is 328 g/mol. The quantitative estimate of drug-likeness (QED) is 0.347. The number of non-ortho nitro benzene ring substituents is 1. The Morgan fingerprint density at radius 3 is 2.76 bits per heavy atom. The van der Waals surface area contributed by atoms with E-state index >= 15 is 0 Å². The molecule has 0 aliphatic carbocycles. The third kappa shape index (κ3) is 4.10. The Morgan fingerprint density at radius 1 is 1.48 bits per heavy atom. The Balaban J connectivity index is 2.57. The number of ether oxygens (including phenoxy) is 1. The summed E-state index contributed by atoms with van der Waals surface area (Å²) in [6.45, 7) is 2.85. The molecule has 8 heteroatoms. The van der Waals surface area contributed by atoms with Crippen LogP contribution in [0.5, 0.6) is 0 Å². The molecule has 1 heterocycles. The van der Waals surface area contributed by atoms with Crippen LogP contribution >= 0.6 is 0 Å². The molecule has 2 N–H and O–H groups in total.